The average molecular weight is 511 g/mol. The lowest BCUT2D eigenvalue weighted by molar-refractivity contribution is -0.144. The van der Waals surface area contributed by atoms with Crippen LogP contribution in [0, 0.1) is 5.92 Å². The molecule has 5 amide bonds. The van der Waals surface area contributed by atoms with Crippen molar-refractivity contribution in [3.05, 3.63) is 18.2 Å². The number of carboxylic acid groups (broad SMARTS) is 1. The van der Waals surface area contributed by atoms with Crippen LogP contribution in [0.4, 0.5) is 0 Å². The average Bonchev–Trinajstić information content (AvgIpc) is 3.31. The number of nitrogens with two attached hydrogens (primary N) is 3. The highest BCUT2D eigenvalue weighted by molar-refractivity contribution is 5.96. The van der Waals surface area contributed by atoms with Crippen molar-refractivity contribution in [2.45, 2.75) is 70.1 Å². The van der Waals surface area contributed by atoms with E-state index in [1.165, 1.54) is 12.5 Å². The molecule has 1 aromatic heterocycles. The fourth-order valence-corrected chi connectivity index (χ4v) is 3.15. The van der Waals surface area contributed by atoms with E-state index < -0.39 is 72.0 Å². The summed E-state index contributed by atoms with van der Waals surface area (Å²) in [5, 5.41) is 16.6. The number of hydrogen-bond donors (Lipinski definition) is 8. The van der Waals surface area contributed by atoms with Crippen molar-refractivity contribution in [3.8, 4) is 0 Å². The van der Waals surface area contributed by atoms with E-state index in [0.717, 1.165) is 0 Å². The molecule has 0 aliphatic heterocycles. The van der Waals surface area contributed by atoms with Crippen molar-refractivity contribution in [1.29, 1.82) is 0 Å². The normalized spacial score (nSPS) is 15.0. The second-order valence-electron chi connectivity index (χ2n) is 8.40. The molecule has 1 rings (SSSR count). The molecule has 36 heavy (non-hydrogen) atoms. The molecule has 0 saturated heterocycles. The number of nitrogens with zero attached hydrogens (tertiary/aromatic N) is 1. The van der Waals surface area contributed by atoms with Crippen LogP contribution in [0.15, 0.2) is 12.5 Å². The van der Waals surface area contributed by atoms with Crippen LogP contribution in [-0.2, 0) is 35.2 Å². The zero-order valence-corrected chi connectivity index (χ0v) is 20.2. The minimum atomic E-state index is -1.51. The number of nitrogens with one attached hydrogen (secondary N) is 4. The maximum Gasteiger partial charge on any atom is 0.326 e. The predicted molar refractivity (Wildman–Crippen MR) is 125 cm³/mol. The molecule has 1 heterocycles. The van der Waals surface area contributed by atoms with Crippen LogP contribution < -0.4 is 33.2 Å². The molecule has 200 valence electrons. The van der Waals surface area contributed by atoms with Gasteiger partial charge in [-0.05, 0) is 12.3 Å². The molecule has 5 unspecified atom stereocenters. The molecule has 0 bridgehead atoms. The summed E-state index contributed by atoms with van der Waals surface area (Å²) in [6.45, 7) is 3.37. The third-order valence-corrected chi connectivity index (χ3v) is 5.47. The molecule has 0 radical (unpaired) electrons. The highest BCUT2D eigenvalue weighted by Gasteiger charge is 2.33. The zero-order chi connectivity index (χ0) is 27.4. The minimum absolute atomic E-state index is 0.0571. The van der Waals surface area contributed by atoms with Gasteiger partial charge in [0.05, 0.1) is 18.8 Å². The first-order valence-corrected chi connectivity index (χ1v) is 11.3. The van der Waals surface area contributed by atoms with Gasteiger partial charge < -0.3 is 43.2 Å². The predicted octanol–water partition coefficient (Wildman–Crippen LogP) is -2.99. The number of H-pyrrole nitrogens is 1. The molecule has 5 atom stereocenters. The van der Waals surface area contributed by atoms with E-state index in [1.807, 2.05) is 0 Å². The quantitative estimate of drug-likeness (QED) is 0.112. The van der Waals surface area contributed by atoms with Gasteiger partial charge in [0.2, 0.25) is 29.5 Å². The Morgan fingerprint density at radius 1 is 1.00 bits per heavy atom. The van der Waals surface area contributed by atoms with E-state index >= 15 is 0 Å². The number of hydrogen-bond acceptors (Lipinski definition) is 8. The van der Waals surface area contributed by atoms with Gasteiger partial charge in [-0.1, -0.05) is 20.3 Å². The van der Waals surface area contributed by atoms with Gasteiger partial charge in [0.1, 0.15) is 18.1 Å². The second kappa shape index (κ2) is 14.4. The summed E-state index contributed by atoms with van der Waals surface area (Å²) in [5.41, 5.74) is 16.5. The summed E-state index contributed by atoms with van der Waals surface area (Å²) in [6.07, 6.45) is 2.30. The first-order valence-electron chi connectivity index (χ1n) is 11.3. The largest absolute Gasteiger partial charge is 0.480 e. The number of imidazole rings is 1. The number of aliphatic carboxylic acids is 1. The number of aromatic amines is 1. The zero-order valence-electron chi connectivity index (χ0n) is 20.2. The Bertz CT molecular complexity index is 937. The monoisotopic (exact) mass is 510 g/mol. The van der Waals surface area contributed by atoms with E-state index in [-0.39, 0.29) is 19.3 Å². The van der Waals surface area contributed by atoms with Gasteiger partial charge in [0, 0.05) is 24.7 Å². The summed E-state index contributed by atoms with van der Waals surface area (Å²) in [5.74, 6) is -5.84. The van der Waals surface area contributed by atoms with Crippen molar-refractivity contribution in [2.75, 3.05) is 0 Å². The SMILES string of the molecule is CCC(C)C(NC(=O)C(CC(N)=O)NC(=O)C(Cc1cnc[nH]1)NC(=O)C(N)CCC(N)=O)C(=O)O. The van der Waals surface area contributed by atoms with E-state index in [0.29, 0.717) is 12.1 Å². The Kier molecular flexibility index (Phi) is 12.0. The summed E-state index contributed by atoms with van der Waals surface area (Å²) < 4.78 is 0. The molecule has 1 aromatic rings. The third kappa shape index (κ3) is 10.1. The van der Waals surface area contributed by atoms with Gasteiger partial charge >= 0.3 is 5.97 Å². The van der Waals surface area contributed by atoms with Crippen LogP contribution in [0.2, 0.25) is 0 Å². The van der Waals surface area contributed by atoms with E-state index in [4.69, 9.17) is 17.2 Å². The van der Waals surface area contributed by atoms with Crippen molar-refractivity contribution >= 4 is 35.5 Å². The first kappa shape index (κ1) is 30.0. The van der Waals surface area contributed by atoms with Crippen molar-refractivity contribution in [3.63, 3.8) is 0 Å². The highest BCUT2D eigenvalue weighted by Crippen LogP contribution is 2.09. The maximum atomic E-state index is 13.1. The summed E-state index contributed by atoms with van der Waals surface area (Å²) in [6, 6.07) is -5.19. The fraction of sp³-hybridized carbons (Fsp3) is 0.571. The van der Waals surface area contributed by atoms with Gasteiger partial charge in [-0.25, -0.2) is 9.78 Å². The van der Waals surface area contributed by atoms with Crippen LogP contribution in [0.3, 0.4) is 0 Å². The van der Waals surface area contributed by atoms with E-state index in [1.54, 1.807) is 13.8 Å². The van der Waals surface area contributed by atoms with Gasteiger partial charge in [0.15, 0.2) is 0 Å². The second-order valence-corrected chi connectivity index (χ2v) is 8.40. The molecule has 0 spiro atoms. The molecule has 0 aliphatic rings. The van der Waals surface area contributed by atoms with Crippen LogP contribution >= 0.6 is 0 Å². The number of primary amides is 2. The summed E-state index contributed by atoms with van der Waals surface area (Å²) >= 11 is 0. The standard InChI is InChI=1S/C21H34N8O7/c1-3-10(2)17(21(35)36)29-20(34)14(7-16(24)31)28-19(33)13(6-11-8-25-9-26-11)27-18(32)12(22)4-5-15(23)30/h8-10,12-14,17H,3-7,22H2,1-2H3,(H2,23,30)(H2,24,31)(H,25,26)(H,27,32)(H,28,33)(H,29,34)(H,35,36). The molecule has 0 saturated carbocycles. The Hall–Kier alpha value is -4.01. The number of aromatic nitrogens is 2. The van der Waals surface area contributed by atoms with Crippen LogP contribution in [0.1, 0.15) is 45.2 Å². The number of carboxylic acids is 1. The lowest BCUT2D eigenvalue weighted by Crippen LogP contribution is -2.58. The smallest absolute Gasteiger partial charge is 0.326 e. The topological polar surface area (TPSA) is 265 Å². The third-order valence-electron chi connectivity index (χ3n) is 5.47. The Morgan fingerprint density at radius 3 is 2.11 bits per heavy atom. The molecule has 11 N–H and O–H groups in total. The number of amides is 5. The maximum absolute atomic E-state index is 13.1. The molecular weight excluding hydrogens is 476 g/mol. The van der Waals surface area contributed by atoms with Gasteiger partial charge in [-0.2, -0.15) is 0 Å². The number of rotatable bonds is 16. The summed E-state index contributed by atoms with van der Waals surface area (Å²) in [4.78, 5) is 79.1. The first-order chi connectivity index (χ1) is 16.8. The fourth-order valence-electron chi connectivity index (χ4n) is 3.15. The molecule has 0 aliphatic carbocycles. The molecule has 0 fully saturated rings. The Morgan fingerprint density at radius 2 is 1.61 bits per heavy atom. The van der Waals surface area contributed by atoms with Crippen molar-refractivity contribution < 1.29 is 33.9 Å². The Labute approximate surface area is 207 Å². The molecule has 0 aromatic carbocycles. The molecular formula is C21H34N8O7. The van der Waals surface area contributed by atoms with Crippen molar-refractivity contribution in [1.82, 2.24) is 25.9 Å². The van der Waals surface area contributed by atoms with Gasteiger partial charge in [0.25, 0.3) is 0 Å². The minimum Gasteiger partial charge on any atom is -0.480 e. The van der Waals surface area contributed by atoms with Crippen LogP contribution in [-0.4, -0.2) is 74.7 Å². The van der Waals surface area contributed by atoms with Crippen molar-refractivity contribution in [2.24, 2.45) is 23.1 Å². The molecule has 15 heteroatoms. The van der Waals surface area contributed by atoms with E-state index in [9.17, 15) is 33.9 Å². The Balaban J connectivity index is 3.07. The highest BCUT2D eigenvalue weighted by atomic mass is 16.4. The lowest BCUT2D eigenvalue weighted by Gasteiger charge is -2.26. The van der Waals surface area contributed by atoms with Crippen LogP contribution in [0.5, 0.6) is 0 Å². The van der Waals surface area contributed by atoms with E-state index in [2.05, 4.69) is 25.9 Å². The lowest BCUT2D eigenvalue weighted by atomic mass is 9.98. The van der Waals surface area contributed by atoms with Gasteiger partial charge in [-0.3, -0.25) is 24.0 Å². The number of carbonyl (C=O) groups is 6. The molecule has 15 nitrogen and oxygen atoms in total. The summed E-state index contributed by atoms with van der Waals surface area (Å²) in [7, 11) is 0. The van der Waals surface area contributed by atoms with Crippen LogP contribution in [0.25, 0.3) is 0 Å². The number of carbonyl (C=O) groups excluding carboxylic acids is 5. The van der Waals surface area contributed by atoms with Gasteiger partial charge in [-0.15, -0.1) is 0 Å².